The third kappa shape index (κ3) is 1.75. The maximum absolute atomic E-state index is 11.5. The monoisotopic (exact) mass is 180 g/mol. The maximum Gasteiger partial charge on any atom is 0.144 e. The molecule has 0 aromatic carbocycles. The topological polar surface area (TPSA) is 59.8 Å². The van der Waals surface area contributed by atoms with Crippen LogP contribution >= 0.6 is 0 Å². The number of aromatic nitrogens is 3. The third-order valence-corrected chi connectivity index (χ3v) is 2.24. The summed E-state index contributed by atoms with van der Waals surface area (Å²) in [6, 6.07) is 0. The van der Waals surface area contributed by atoms with Crippen molar-refractivity contribution in [2.24, 2.45) is 13.0 Å². The van der Waals surface area contributed by atoms with E-state index in [1.807, 2.05) is 0 Å². The molecule has 2 rings (SSSR count). The van der Waals surface area contributed by atoms with Crippen LogP contribution in [-0.2, 0) is 18.3 Å². The smallest absolute Gasteiger partial charge is 0.144 e. The van der Waals surface area contributed by atoms with Crippen LogP contribution in [0.25, 0.3) is 0 Å². The molecule has 1 fully saturated rings. The van der Waals surface area contributed by atoms with Crippen molar-refractivity contribution in [2.75, 3.05) is 13.1 Å². The standard InChI is InChI=1S/C8H12N4O/c1-12-10-5-7(11-12)2-8(13)6-3-9-4-6/h5-6,9H,2-4H2,1H3. The fraction of sp³-hybridized carbons (Fsp3) is 0.625. The molecule has 1 aromatic heterocycles. The Bertz CT molecular complexity index is 316. The first-order valence-electron chi connectivity index (χ1n) is 4.34. The van der Waals surface area contributed by atoms with E-state index in [9.17, 15) is 4.79 Å². The summed E-state index contributed by atoms with van der Waals surface area (Å²) in [4.78, 5) is 13.0. The number of ketones is 1. The molecule has 1 aromatic rings. The number of aryl methyl sites for hydroxylation is 1. The minimum Gasteiger partial charge on any atom is -0.315 e. The van der Waals surface area contributed by atoms with Crippen LogP contribution in [0.4, 0.5) is 0 Å². The van der Waals surface area contributed by atoms with Crippen LogP contribution in [0.1, 0.15) is 5.69 Å². The predicted molar refractivity (Wildman–Crippen MR) is 46.1 cm³/mol. The van der Waals surface area contributed by atoms with Crippen molar-refractivity contribution in [3.63, 3.8) is 0 Å². The molecule has 0 unspecified atom stereocenters. The fourth-order valence-electron chi connectivity index (χ4n) is 1.31. The molecule has 70 valence electrons. The number of nitrogens with one attached hydrogen (secondary N) is 1. The third-order valence-electron chi connectivity index (χ3n) is 2.24. The number of hydrogen-bond donors (Lipinski definition) is 1. The van der Waals surface area contributed by atoms with Crippen LogP contribution in [0.5, 0.6) is 0 Å². The van der Waals surface area contributed by atoms with Crippen molar-refractivity contribution in [3.05, 3.63) is 11.9 Å². The van der Waals surface area contributed by atoms with E-state index in [-0.39, 0.29) is 11.7 Å². The Hall–Kier alpha value is -1.23. The highest BCUT2D eigenvalue weighted by molar-refractivity contribution is 5.84. The van der Waals surface area contributed by atoms with Gasteiger partial charge in [-0.15, -0.1) is 0 Å². The molecule has 0 spiro atoms. The van der Waals surface area contributed by atoms with Gasteiger partial charge < -0.3 is 5.32 Å². The van der Waals surface area contributed by atoms with Gasteiger partial charge in [-0.25, -0.2) is 0 Å². The summed E-state index contributed by atoms with van der Waals surface area (Å²) < 4.78 is 0. The highest BCUT2D eigenvalue weighted by Crippen LogP contribution is 2.07. The molecule has 5 nitrogen and oxygen atoms in total. The Labute approximate surface area is 76.1 Å². The van der Waals surface area contributed by atoms with Crippen molar-refractivity contribution in [2.45, 2.75) is 6.42 Å². The second-order valence-corrected chi connectivity index (χ2v) is 3.32. The average Bonchev–Trinajstić information content (AvgIpc) is 2.31. The first kappa shape index (κ1) is 8.37. The Morgan fingerprint density at radius 1 is 1.77 bits per heavy atom. The van der Waals surface area contributed by atoms with Crippen molar-refractivity contribution in [1.82, 2.24) is 20.3 Å². The van der Waals surface area contributed by atoms with Gasteiger partial charge in [0.2, 0.25) is 0 Å². The summed E-state index contributed by atoms with van der Waals surface area (Å²) >= 11 is 0. The molecule has 0 atom stereocenters. The summed E-state index contributed by atoms with van der Waals surface area (Å²) in [6.45, 7) is 1.64. The fourth-order valence-corrected chi connectivity index (χ4v) is 1.31. The van der Waals surface area contributed by atoms with E-state index < -0.39 is 0 Å². The first-order valence-corrected chi connectivity index (χ1v) is 4.34. The Morgan fingerprint density at radius 2 is 2.54 bits per heavy atom. The molecular formula is C8H12N4O. The zero-order valence-electron chi connectivity index (χ0n) is 7.53. The van der Waals surface area contributed by atoms with E-state index in [0.29, 0.717) is 6.42 Å². The Balaban J connectivity index is 1.93. The van der Waals surface area contributed by atoms with Gasteiger partial charge in [-0.05, 0) is 0 Å². The van der Waals surface area contributed by atoms with Crippen LogP contribution in [0.2, 0.25) is 0 Å². The molecular weight excluding hydrogens is 168 g/mol. The summed E-state index contributed by atoms with van der Waals surface area (Å²) in [5.74, 6) is 0.459. The van der Waals surface area contributed by atoms with Gasteiger partial charge in [0.25, 0.3) is 0 Å². The van der Waals surface area contributed by atoms with Crippen molar-refractivity contribution in [1.29, 1.82) is 0 Å². The second kappa shape index (κ2) is 3.26. The lowest BCUT2D eigenvalue weighted by Crippen LogP contribution is -2.47. The molecule has 1 saturated heterocycles. The number of nitrogens with zero attached hydrogens (tertiary/aromatic N) is 3. The largest absolute Gasteiger partial charge is 0.315 e. The molecule has 1 N–H and O–H groups in total. The maximum atomic E-state index is 11.5. The zero-order valence-corrected chi connectivity index (χ0v) is 7.53. The number of Topliss-reactive ketones (excluding diaryl/α,β-unsaturated/α-hetero) is 1. The van der Waals surface area contributed by atoms with E-state index in [0.717, 1.165) is 18.8 Å². The Kier molecular flexibility index (Phi) is 2.10. The average molecular weight is 180 g/mol. The van der Waals surface area contributed by atoms with Crippen molar-refractivity contribution < 1.29 is 4.79 Å². The number of carbonyl (C=O) groups excluding carboxylic acids is 1. The molecule has 2 heterocycles. The molecule has 1 aliphatic heterocycles. The molecule has 5 heteroatoms. The van der Waals surface area contributed by atoms with Gasteiger partial charge in [-0.2, -0.15) is 15.0 Å². The quantitative estimate of drug-likeness (QED) is 0.658. The van der Waals surface area contributed by atoms with Crippen LogP contribution in [-0.4, -0.2) is 33.9 Å². The van der Waals surface area contributed by atoms with Crippen LogP contribution in [0, 0.1) is 5.92 Å². The van der Waals surface area contributed by atoms with E-state index in [1.54, 1.807) is 13.2 Å². The van der Waals surface area contributed by atoms with Crippen LogP contribution in [0.3, 0.4) is 0 Å². The van der Waals surface area contributed by atoms with E-state index >= 15 is 0 Å². The van der Waals surface area contributed by atoms with E-state index in [1.165, 1.54) is 4.80 Å². The zero-order chi connectivity index (χ0) is 9.26. The normalized spacial score (nSPS) is 17.0. The summed E-state index contributed by atoms with van der Waals surface area (Å²) in [5, 5.41) is 11.0. The van der Waals surface area contributed by atoms with Gasteiger partial charge in [0.1, 0.15) is 5.78 Å². The number of carbonyl (C=O) groups is 1. The highest BCUT2D eigenvalue weighted by Gasteiger charge is 2.25. The van der Waals surface area contributed by atoms with Crippen molar-refractivity contribution >= 4 is 5.78 Å². The highest BCUT2D eigenvalue weighted by atomic mass is 16.1. The van der Waals surface area contributed by atoms with Gasteiger partial charge >= 0.3 is 0 Å². The molecule has 0 bridgehead atoms. The molecule has 1 aliphatic rings. The molecule has 0 aliphatic carbocycles. The van der Waals surface area contributed by atoms with Crippen molar-refractivity contribution in [3.8, 4) is 0 Å². The summed E-state index contributed by atoms with van der Waals surface area (Å²) in [5.41, 5.74) is 0.763. The summed E-state index contributed by atoms with van der Waals surface area (Å²) in [7, 11) is 1.75. The lowest BCUT2D eigenvalue weighted by atomic mass is 9.95. The lowest BCUT2D eigenvalue weighted by molar-refractivity contribution is -0.123. The number of rotatable bonds is 3. The first-order chi connectivity index (χ1) is 6.25. The minimum atomic E-state index is 0.196. The SMILES string of the molecule is Cn1ncc(CC(=O)C2CNC2)n1. The molecule has 0 amide bonds. The van der Waals surface area contributed by atoms with Gasteiger partial charge in [0.15, 0.2) is 0 Å². The molecule has 13 heavy (non-hydrogen) atoms. The van der Waals surface area contributed by atoms with E-state index in [4.69, 9.17) is 0 Å². The van der Waals surface area contributed by atoms with Gasteiger partial charge in [0.05, 0.1) is 18.3 Å². The van der Waals surface area contributed by atoms with Gasteiger partial charge in [-0.1, -0.05) is 0 Å². The number of hydrogen-bond acceptors (Lipinski definition) is 4. The predicted octanol–water partition coefficient (Wildman–Crippen LogP) is -0.854. The Morgan fingerprint density at radius 3 is 3.00 bits per heavy atom. The molecule has 0 radical (unpaired) electrons. The van der Waals surface area contributed by atoms with Crippen LogP contribution in [0.15, 0.2) is 6.20 Å². The minimum absolute atomic E-state index is 0.196. The molecule has 0 saturated carbocycles. The van der Waals surface area contributed by atoms with Crippen LogP contribution < -0.4 is 5.32 Å². The second-order valence-electron chi connectivity index (χ2n) is 3.32. The summed E-state index contributed by atoms with van der Waals surface area (Å²) in [6.07, 6.45) is 2.06. The van der Waals surface area contributed by atoms with E-state index in [2.05, 4.69) is 15.5 Å². The lowest BCUT2D eigenvalue weighted by Gasteiger charge is -2.25. The van der Waals surface area contributed by atoms with Gasteiger partial charge in [0, 0.05) is 26.1 Å². The van der Waals surface area contributed by atoms with Gasteiger partial charge in [-0.3, -0.25) is 4.79 Å².